The summed E-state index contributed by atoms with van der Waals surface area (Å²) in [5.41, 5.74) is 4.10. The van der Waals surface area contributed by atoms with Crippen molar-refractivity contribution in [2.75, 3.05) is 11.9 Å². The number of nitrogens with one attached hydrogen (secondary N) is 1. The van der Waals surface area contributed by atoms with Gasteiger partial charge in [0.25, 0.3) is 10.0 Å². The molecule has 50 heavy (non-hydrogen) atoms. The Morgan fingerprint density at radius 2 is 1.76 bits per heavy atom. The van der Waals surface area contributed by atoms with Crippen LogP contribution in [0.25, 0.3) is 22.3 Å². The van der Waals surface area contributed by atoms with E-state index < -0.39 is 45.4 Å². The molecule has 1 amide bonds. The number of piperidine rings is 1. The van der Waals surface area contributed by atoms with Crippen molar-refractivity contribution in [3.05, 3.63) is 102 Å². The maximum Gasteiger partial charge on any atom is 0.419 e. The van der Waals surface area contributed by atoms with E-state index in [-0.39, 0.29) is 52.3 Å². The summed E-state index contributed by atoms with van der Waals surface area (Å²) < 4.78 is 77.2. The second-order valence-corrected chi connectivity index (χ2v) is 13.4. The molecule has 5 aromatic rings. The van der Waals surface area contributed by atoms with Crippen LogP contribution < -0.4 is 11.1 Å². The van der Waals surface area contributed by atoms with E-state index in [1.807, 2.05) is 37.3 Å². The average Bonchev–Trinajstić information content (AvgIpc) is 3.51. The minimum atomic E-state index is -4.93. The van der Waals surface area contributed by atoms with E-state index in [1.165, 1.54) is 36.4 Å². The predicted molar refractivity (Wildman–Crippen MR) is 177 cm³/mol. The molecule has 0 bridgehead atoms. The molecular formula is C33H31F3N8O5S. The van der Waals surface area contributed by atoms with Crippen molar-refractivity contribution < 1.29 is 36.3 Å². The molecule has 1 aliphatic heterocycles. The van der Waals surface area contributed by atoms with Gasteiger partial charge < -0.3 is 25.9 Å². The Balaban J connectivity index is 1.37. The maximum atomic E-state index is 14.5. The van der Waals surface area contributed by atoms with Crippen molar-refractivity contribution in [3.63, 3.8) is 0 Å². The minimum absolute atomic E-state index is 0.00651. The standard InChI is InChI=1S/C33H31F3N8O5S/c1-20-12-13-22(17-43(20)32(45)49-19-21-8-4-2-5-9-21)39-31-38-16-26(33(34,35)36)28(41-31)25-18-44(50(47,48)23-10-6-3-7-11-23)30-24(25)14-15-27(40-30)29(37)42-46/h2-11,14-16,18,20,22,46H,12-13,17,19H2,1H3,(H2,37,42)(H,38,39,41)/t20-,22-/m0/s1. The Bertz CT molecular complexity index is 2160. The van der Waals surface area contributed by atoms with Gasteiger partial charge in [0, 0.05) is 42.0 Å². The number of hydrogen-bond donors (Lipinski definition) is 3. The Morgan fingerprint density at radius 1 is 1.06 bits per heavy atom. The number of pyridine rings is 1. The van der Waals surface area contributed by atoms with Crippen LogP contribution in [0.2, 0.25) is 0 Å². The van der Waals surface area contributed by atoms with Gasteiger partial charge in [-0.3, -0.25) is 0 Å². The third kappa shape index (κ3) is 6.89. The number of amides is 1. The van der Waals surface area contributed by atoms with E-state index in [9.17, 15) is 31.6 Å². The van der Waals surface area contributed by atoms with Crippen LogP contribution in [0.5, 0.6) is 0 Å². The van der Waals surface area contributed by atoms with Crippen LogP contribution >= 0.6 is 0 Å². The van der Waals surface area contributed by atoms with Crippen LogP contribution in [0.15, 0.2) is 95.2 Å². The van der Waals surface area contributed by atoms with Gasteiger partial charge in [-0.1, -0.05) is 53.7 Å². The van der Waals surface area contributed by atoms with E-state index in [1.54, 1.807) is 11.0 Å². The fourth-order valence-electron chi connectivity index (χ4n) is 5.67. The highest BCUT2D eigenvalue weighted by Crippen LogP contribution is 2.40. The predicted octanol–water partition coefficient (Wildman–Crippen LogP) is 5.45. The zero-order valence-electron chi connectivity index (χ0n) is 26.4. The van der Waals surface area contributed by atoms with Gasteiger partial charge in [0.1, 0.15) is 17.9 Å². The number of benzene rings is 2. The largest absolute Gasteiger partial charge is 0.445 e. The third-order valence-electron chi connectivity index (χ3n) is 8.29. The third-order valence-corrected chi connectivity index (χ3v) is 9.96. The molecule has 6 rings (SSSR count). The van der Waals surface area contributed by atoms with Gasteiger partial charge in [0.05, 0.1) is 10.6 Å². The summed E-state index contributed by atoms with van der Waals surface area (Å²) in [6.07, 6.45) is -2.71. The number of halogens is 3. The second-order valence-electron chi connectivity index (χ2n) is 11.6. The first-order chi connectivity index (χ1) is 23.9. The Kier molecular flexibility index (Phi) is 9.33. The van der Waals surface area contributed by atoms with Crippen molar-refractivity contribution in [2.24, 2.45) is 10.9 Å². The molecule has 2 atom stereocenters. The fraction of sp³-hybridized carbons (Fsp3) is 0.242. The normalized spacial score (nSPS) is 17.1. The van der Waals surface area contributed by atoms with Gasteiger partial charge in [-0.25, -0.2) is 32.1 Å². The average molecular weight is 709 g/mol. The molecule has 1 saturated heterocycles. The molecule has 4 heterocycles. The van der Waals surface area contributed by atoms with Crippen LogP contribution in [0, 0.1) is 0 Å². The Morgan fingerprint density at radius 3 is 2.44 bits per heavy atom. The molecule has 4 N–H and O–H groups in total. The van der Waals surface area contributed by atoms with E-state index in [4.69, 9.17) is 10.5 Å². The number of aromatic nitrogens is 4. The number of anilines is 1. The summed E-state index contributed by atoms with van der Waals surface area (Å²) in [4.78, 5) is 26.8. The lowest BCUT2D eigenvalue weighted by molar-refractivity contribution is -0.137. The number of nitrogens with zero attached hydrogens (tertiary/aromatic N) is 6. The fourth-order valence-corrected chi connectivity index (χ4v) is 7.01. The topological polar surface area (TPSA) is 178 Å². The molecule has 260 valence electrons. The summed E-state index contributed by atoms with van der Waals surface area (Å²) >= 11 is 0. The number of carbonyl (C=O) groups excluding carboxylic acids is 1. The van der Waals surface area contributed by atoms with E-state index in [0.29, 0.717) is 19.0 Å². The van der Waals surface area contributed by atoms with E-state index in [2.05, 4.69) is 25.4 Å². The molecule has 2 aromatic carbocycles. The highest BCUT2D eigenvalue weighted by atomic mass is 32.2. The van der Waals surface area contributed by atoms with Crippen LogP contribution in [-0.4, -0.2) is 68.0 Å². The Labute approximate surface area is 284 Å². The summed E-state index contributed by atoms with van der Waals surface area (Å²) in [5.74, 6) is -0.610. The van der Waals surface area contributed by atoms with Gasteiger partial charge in [-0.15, -0.1) is 0 Å². The van der Waals surface area contributed by atoms with Gasteiger partial charge in [0.2, 0.25) is 5.95 Å². The lowest BCUT2D eigenvalue weighted by Gasteiger charge is -2.37. The number of oxime groups is 1. The molecular weight excluding hydrogens is 677 g/mol. The number of rotatable bonds is 8. The lowest BCUT2D eigenvalue weighted by atomic mass is 10.00. The van der Waals surface area contributed by atoms with Crippen molar-refractivity contribution in [3.8, 4) is 11.3 Å². The van der Waals surface area contributed by atoms with E-state index in [0.717, 1.165) is 15.7 Å². The number of nitrogens with two attached hydrogens (primary N) is 1. The van der Waals surface area contributed by atoms with Gasteiger partial charge in [0.15, 0.2) is 11.5 Å². The lowest BCUT2D eigenvalue weighted by Crippen LogP contribution is -2.50. The number of ether oxygens (including phenoxy) is 1. The molecule has 0 aliphatic carbocycles. The second kappa shape index (κ2) is 13.7. The molecule has 13 nitrogen and oxygen atoms in total. The summed E-state index contributed by atoms with van der Waals surface area (Å²) in [5, 5.41) is 15.1. The number of fused-ring (bicyclic) bond motifs is 1. The zero-order valence-corrected chi connectivity index (χ0v) is 27.3. The zero-order chi connectivity index (χ0) is 35.6. The number of carbonyl (C=O) groups is 1. The van der Waals surface area contributed by atoms with Gasteiger partial charge in [-0.05, 0) is 49.6 Å². The molecule has 0 radical (unpaired) electrons. The summed E-state index contributed by atoms with van der Waals surface area (Å²) in [6, 6.07) is 18.4. The minimum Gasteiger partial charge on any atom is -0.445 e. The summed E-state index contributed by atoms with van der Waals surface area (Å²) in [7, 11) is -4.40. The van der Waals surface area contributed by atoms with Gasteiger partial charge in [-0.2, -0.15) is 13.2 Å². The maximum absolute atomic E-state index is 14.5. The molecule has 17 heteroatoms. The molecule has 0 spiro atoms. The molecule has 0 unspecified atom stereocenters. The smallest absolute Gasteiger partial charge is 0.419 e. The van der Waals surface area contributed by atoms with Crippen LogP contribution in [0.1, 0.15) is 36.6 Å². The Hall–Kier alpha value is -5.71. The van der Waals surface area contributed by atoms with Crippen molar-refractivity contribution >= 4 is 38.9 Å². The van der Waals surface area contributed by atoms with Crippen LogP contribution in [-0.2, 0) is 27.5 Å². The first-order valence-corrected chi connectivity index (χ1v) is 16.8. The number of likely N-dealkylation sites (tertiary alicyclic amines) is 1. The van der Waals surface area contributed by atoms with Crippen LogP contribution in [0.4, 0.5) is 23.9 Å². The molecule has 1 aliphatic rings. The first-order valence-electron chi connectivity index (χ1n) is 15.4. The SMILES string of the molecule is C[C@H]1CC[C@H](Nc2ncc(C(F)(F)F)c(-c3cn(S(=O)(=O)c4ccccc4)c4nc(/C(N)=N\O)ccc34)n2)CN1C(=O)OCc1ccccc1. The first kappa shape index (κ1) is 34.2. The summed E-state index contributed by atoms with van der Waals surface area (Å²) in [6.45, 7) is 2.13. The number of alkyl halides is 3. The highest BCUT2D eigenvalue weighted by Gasteiger charge is 2.38. The highest BCUT2D eigenvalue weighted by molar-refractivity contribution is 7.90. The van der Waals surface area contributed by atoms with Crippen molar-refractivity contribution in [2.45, 2.75) is 49.5 Å². The monoisotopic (exact) mass is 708 g/mol. The van der Waals surface area contributed by atoms with Crippen molar-refractivity contribution in [1.82, 2.24) is 23.8 Å². The number of amidine groups is 1. The molecule has 0 saturated carbocycles. The van der Waals surface area contributed by atoms with Gasteiger partial charge >= 0.3 is 12.3 Å². The van der Waals surface area contributed by atoms with Crippen molar-refractivity contribution in [1.29, 1.82) is 0 Å². The quantitative estimate of drug-likeness (QED) is 0.0813. The van der Waals surface area contributed by atoms with E-state index >= 15 is 0 Å². The molecule has 3 aromatic heterocycles. The molecule has 1 fully saturated rings. The van der Waals surface area contributed by atoms with Crippen LogP contribution in [0.3, 0.4) is 0 Å². The number of hydrogen-bond acceptors (Lipinski definition) is 10.